The first-order valence-corrected chi connectivity index (χ1v) is 17.2. The summed E-state index contributed by atoms with van der Waals surface area (Å²) in [4.78, 5) is 11.8. The van der Waals surface area contributed by atoms with Gasteiger partial charge in [-0.1, -0.05) is 105 Å². The van der Waals surface area contributed by atoms with Crippen molar-refractivity contribution >= 4 is 6.16 Å². The second-order valence-corrected chi connectivity index (χ2v) is 15.5. The molecule has 0 radical (unpaired) electrons. The molecule has 3 heteroatoms. The maximum atomic E-state index is 11.8. The molecule has 0 aliphatic heterocycles. The summed E-state index contributed by atoms with van der Waals surface area (Å²) in [6.45, 7) is 14.8. The molecule has 224 valence electrons. The predicted octanol–water partition coefficient (Wildman–Crippen LogP) is 11.2. The van der Waals surface area contributed by atoms with Gasteiger partial charge in [-0.15, -0.1) is 0 Å². The second kappa shape index (κ2) is 12.9. The number of ether oxygens (including phenoxy) is 1. The van der Waals surface area contributed by atoms with Gasteiger partial charge in [0, 0.05) is 6.42 Å². The van der Waals surface area contributed by atoms with Gasteiger partial charge in [-0.05, 0) is 104 Å². The fraction of sp³-hybridized carbons (Fsp3) is 0.917. The molecule has 0 bridgehead atoms. The van der Waals surface area contributed by atoms with E-state index in [1.165, 1.54) is 83.5 Å². The minimum absolute atomic E-state index is 0.234. The molecule has 1 N–H and O–H groups in total. The van der Waals surface area contributed by atoms with Crippen molar-refractivity contribution in [1.29, 1.82) is 0 Å². The summed E-state index contributed by atoms with van der Waals surface area (Å²) in [5.74, 6) is 5.03. The van der Waals surface area contributed by atoms with Gasteiger partial charge in [-0.3, -0.25) is 0 Å². The van der Waals surface area contributed by atoms with E-state index in [0.717, 1.165) is 67.6 Å². The highest BCUT2D eigenvalue weighted by Crippen LogP contribution is 2.68. The number of carbonyl (C=O) groups is 1. The van der Waals surface area contributed by atoms with Crippen LogP contribution in [-0.2, 0) is 4.74 Å². The van der Waals surface area contributed by atoms with Gasteiger partial charge in [0.1, 0.15) is 5.60 Å². The molecule has 0 amide bonds. The zero-order chi connectivity index (χ0) is 28.3. The predicted molar refractivity (Wildman–Crippen MR) is 163 cm³/mol. The van der Waals surface area contributed by atoms with E-state index in [4.69, 9.17) is 4.74 Å². The Labute approximate surface area is 241 Å². The van der Waals surface area contributed by atoms with E-state index in [2.05, 4.69) is 47.6 Å². The standard InChI is InChI=1S/C36H62O3/c1-7-8-9-10-11-12-21-36(39-33(37)38)24-23-34(5)28(25-36)16-17-29-31-19-18-30(27(4)15-13-14-26(2)3)35(31,6)22-20-32(29)34/h16,26-27,29-32H,7-15,17-25H2,1-6H3,(H,37,38)/t27-,29+,30-,31+,32+,34+,35-,36?/m1/s1. The van der Waals surface area contributed by atoms with Crippen LogP contribution in [0, 0.1) is 46.3 Å². The van der Waals surface area contributed by atoms with Crippen LogP contribution in [0.5, 0.6) is 0 Å². The third-order valence-electron chi connectivity index (χ3n) is 12.7. The number of fused-ring (bicyclic) bond motifs is 5. The lowest BCUT2D eigenvalue weighted by molar-refractivity contribution is -0.0877. The van der Waals surface area contributed by atoms with Crippen LogP contribution in [0.3, 0.4) is 0 Å². The molecule has 0 spiro atoms. The van der Waals surface area contributed by atoms with Crippen molar-refractivity contribution < 1.29 is 14.6 Å². The van der Waals surface area contributed by atoms with E-state index in [0.29, 0.717) is 5.41 Å². The fourth-order valence-electron chi connectivity index (χ4n) is 10.5. The van der Waals surface area contributed by atoms with Crippen LogP contribution < -0.4 is 0 Å². The highest BCUT2D eigenvalue weighted by Gasteiger charge is 2.60. The van der Waals surface area contributed by atoms with E-state index in [1.54, 1.807) is 5.57 Å². The average Bonchev–Trinajstić information content (AvgIpc) is 3.23. The van der Waals surface area contributed by atoms with Crippen LogP contribution in [0.25, 0.3) is 0 Å². The third kappa shape index (κ3) is 6.58. The zero-order valence-corrected chi connectivity index (χ0v) is 26.5. The van der Waals surface area contributed by atoms with Crippen molar-refractivity contribution in [3.8, 4) is 0 Å². The van der Waals surface area contributed by atoms with Gasteiger partial charge in [0.15, 0.2) is 0 Å². The van der Waals surface area contributed by atoms with Crippen LogP contribution in [0.2, 0.25) is 0 Å². The van der Waals surface area contributed by atoms with Crippen molar-refractivity contribution in [2.75, 3.05) is 0 Å². The molecule has 0 aromatic heterocycles. The van der Waals surface area contributed by atoms with Gasteiger partial charge in [0.25, 0.3) is 0 Å². The van der Waals surface area contributed by atoms with E-state index in [-0.39, 0.29) is 5.41 Å². The Morgan fingerprint density at radius 2 is 1.69 bits per heavy atom. The summed E-state index contributed by atoms with van der Waals surface area (Å²) < 4.78 is 5.79. The summed E-state index contributed by atoms with van der Waals surface area (Å²) in [6, 6.07) is 0. The first kappa shape index (κ1) is 31.0. The normalized spacial score (nSPS) is 38.5. The van der Waals surface area contributed by atoms with Crippen molar-refractivity contribution in [3.63, 3.8) is 0 Å². The van der Waals surface area contributed by atoms with Gasteiger partial charge < -0.3 is 9.84 Å². The molecular weight excluding hydrogens is 480 g/mol. The van der Waals surface area contributed by atoms with Crippen LogP contribution >= 0.6 is 0 Å². The van der Waals surface area contributed by atoms with Gasteiger partial charge in [-0.2, -0.15) is 0 Å². The lowest BCUT2D eigenvalue weighted by Gasteiger charge is -2.59. The topological polar surface area (TPSA) is 46.5 Å². The lowest BCUT2D eigenvalue weighted by Crippen LogP contribution is -2.53. The fourth-order valence-corrected chi connectivity index (χ4v) is 10.5. The minimum atomic E-state index is -1.08. The molecule has 3 fully saturated rings. The minimum Gasteiger partial charge on any atom is -0.450 e. The second-order valence-electron chi connectivity index (χ2n) is 15.5. The SMILES string of the molecule is CCCCCCCCC1(OC(=O)O)CC[C@@]2(C)C(=CC[C@H]3[C@@H]4CC[C@H]([C@H](C)CCCC(C)C)[C@@]4(C)CC[C@@H]32)C1. The molecule has 0 saturated heterocycles. The molecule has 39 heavy (non-hydrogen) atoms. The number of hydrogen-bond donors (Lipinski definition) is 1. The lowest BCUT2D eigenvalue weighted by atomic mass is 9.46. The van der Waals surface area contributed by atoms with E-state index < -0.39 is 11.8 Å². The smallest absolute Gasteiger partial charge is 0.450 e. The molecule has 8 atom stereocenters. The monoisotopic (exact) mass is 542 g/mol. The van der Waals surface area contributed by atoms with E-state index in [1.807, 2.05) is 0 Å². The molecule has 3 nitrogen and oxygen atoms in total. The largest absolute Gasteiger partial charge is 0.506 e. The molecule has 3 saturated carbocycles. The molecule has 0 aromatic rings. The average molecular weight is 543 g/mol. The van der Waals surface area contributed by atoms with Gasteiger partial charge in [-0.25, -0.2) is 4.79 Å². The first-order chi connectivity index (χ1) is 18.5. The maximum Gasteiger partial charge on any atom is 0.506 e. The Bertz CT molecular complexity index is 846. The van der Waals surface area contributed by atoms with Gasteiger partial charge >= 0.3 is 6.16 Å². The molecule has 4 aliphatic carbocycles. The Kier molecular flexibility index (Phi) is 10.2. The number of rotatable bonds is 13. The number of unbranched alkanes of at least 4 members (excludes halogenated alkanes) is 5. The van der Waals surface area contributed by atoms with Crippen molar-refractivity contribution in [2.45, 2.75) is 163 Å². The molecular formula is C36H62O3. The Balaban J connectivity index is 1.44. The summed E-state index contributed by atoms with van der Waals surface area (Å²) in [6.07, 6.45) is 23.7. The number of hydrogen-bond acceptors (Lipinski definition) is 2. The molecule has 1 unspecified atom stereocenters. The van der Waals surface area contributed by atoms with E-state index in [9.17, 15) is 9.90 Å². The third-order valence-corrected chi connectivity index (χ3v) is 12.7. The van der Waals surface area contributed by atoms with Crippen LogP contribution in [0.1, 0.15) is 157 Å². The molecule has 0 aromatic carbocycles. The van der Waals surface area contributed by atoms with Crippen LogP contribution in [0.4, 0.5) is 4.79 Å². The number of allylic oxidation sites excluding steroid dienone is 1. The first-order valence-electron chi connectivity index (χ1n) is 17.2. The van der Waals surface area contributed by atoms with Crippen molar-refractivity contribution in [1.82, 2.24) is 0 Å². The summed E-state index contributed by atoms with van der Waals surface area (Å²) >= 11 is 0. The highest BCUT2D eigenvalue weighted by molar-refractivity contribution is 5.58. The molecule has 0 heterocycles. The van der Waals surface area contributed by atoms with Crippen molar-refractivity contribution in [3.05, 3.63) is 11.6 Å². The maximum absolute atomic E-state index is 11.8. The highest BCUT2D eigenvalue weighted by atomic mass is 16.7. The molecule has 4 rings (SSSR count). The van der Waals surface area contributed by atoms with Gasteiger partial charge in [0.2, 0.25) is 0 Å². The summed E-state index contributed by atoms with van der Waals surface area (Å²) in [5.41, 5.74) is 1.80. The van der Waals surface area contributed by atoms with E-state index >= 15 is 0 Å². The van der Waals surface area contributed by atoms with Crippen LogP contribution in [0.15, 0.2) is 11.6 Å². The zero-order valence-electron chi connectivity index (χ0n) is 26.5. The number of carboxylic acid groups (broad SMARTS) is 1. The van der Waals surface area contributed by atoms with Gasteiger partial charge in [0.05, 0.1) is 0 Å². The van der Waals surface area contributed by atoms with Crippen LogP contribution in [-0.4, -0.2) is 16.9 Å². The summed E-state index contributed by atoms with van der Waals surface area (Å²) in [5, 5.41) is 9.69. The van der Waals surface area contributed by atoms with Crippen molar-refractivity contribution in [2.24, 2.45) is 46.3 Å². The Morgan fingerprint density at radius 3 is 2.41 bits per heavy atom. The molecule has 4 aliphatic rings. The Morgan fingerprint density at radius 1 is 0.949 bits per heavy atom. The quantitative estimate of drug-likeness (QED) is 0.143. The summed E-state index contributed by atoms with van der Waals surface area (Å²) in [7, 11) is 0. The Hall–Kier alpha value is -0.990.